The van der Waals surface area contributed by atoms with Crippen molar-refractivity contribution in [3.8, 4) is 5.75 Å². The molecule has 2 aromatic rings. The highest BCUT2D eigenvalue weighted by Gasteiger charge is 2.31. The summed E-state index contributed by atoms with van der Waals surface area (Å²) in [6.45, 7) is 4.61. The molecule has 0 atom stereocenters. The number of alkyl halides is 3. The van der Waals surface area contributed by atoms with E-state index in [9.17, 15) is 18.0 Å². The Hall–Kier alpha value is -2.21. The van der Waals surface area contributed by atoms with Crippen molar-refractivity contribution in [2.24, 2.45) is 5.92 Å². The monoisotopic (exact) mass is 371 g/mol. The van der Waals surface area contributed by atoms with Crippen LogP contribution < -0.4 is 10.1 Å². The molecule has 25 heavy (non-hydrogen) atoms. The molecule has 0 saturated heterocycles. The first-order chi connectivity index (χ1) is 11.7. The van der Waals surface area contributed by atoms with Crippen LogP contribution >= 0.6 is 11.6 Å². The minimum Gasteiger partial charge on any atom is -0.493 e. The van der Waals surface area contributed by atoms with Crippen molar-refractivity contribution in [2.75, 3.05) is 11.9 Å². The van der Waals surface area contributed by atoms with Gasteiger partial charge in [0, 0.05) is 5.56 Å². The summed E-state index contributed by atoms with van der Waals surface area (Å²) < 4.78 is 43.4. The Labute approximate surface area is 148 Å². The maximum Gasteiger partial charge on any atom is 0.416 e. The number of amides is 1. The van der Waals surface area contributed by atoms with Gasteiger partial charge in [0.2, 0.25) is 0 Å². The number of carbonyl (C=O) groups is 1. The molecular weight excluding hydrogens is 355 g/mol. The molecule has 1 N–H and O–H groups in total. The molecule has 2 aromatic carbocycles. The number of hydrogen-bond acceptors (Lipinski definition) is 2. The van der Waals surface area contributed by atoms with E-state index in [1.165, 1.54) is 0 Å². The van der Waals surface area contributed by atoms with E-state index in [-0.39, 0.29) is 10.7 Å². The Balaban J connectivity index is 2.07. The lowest BCUT2D eigenvalue weighted by molar-refractivity contribution is -0.137. The normalized spacial score (nSPS) is 11.5. The highest BCUT2D eigenvalue weighted by molar-refractivity contribution is 6.34. The number of rotatable bonds is 5. The molecule has 1 amide bonds. The van der Waals surface area contributed by atoms with Crippen molar-refractivity contribution < 1.29 is 22.7 Å². The van der Waals surface area contributed by atoms with Crippen LogP contribution in [0.4, 0.5) is 18.9 Å². The number of halogens is 4. The first-order valence-electron chi connectivity index (χ1n) is 7.58. The smallest absolute Gasteiger partial charge is 0.416 e. The van der Waals surface area contributed by atoms with Crippen LogP contribution in [-0.4, -0.2) is 12.5 Å². The summed E-state index contributed by atoms with van der Waals surface area (Å²) in [4.78, 5) is 12.2. The van der Waals surface area contributed by atoms with Crippen LogP contribution in [-0.2, 0) is 6.18 Å². The van der Waals surface area contributed by atoms with E-state index in [1.54, 1.807) is 24.3 Å². The molecule has 0 heterocycles. The number of benzene rings is 2. The molecule has 134 valence electrons. The number of hydrogen-bond donors (Lipinski definition) is 1. The Bertz CT molecular complexity index is 743. The maximum absolute atomic E-state index is 12.6. The molecule has 2 rings (SSSR count). The average Bonchev–Trinajstić information content (AvgIpc) is 2.54. The second kappa shape index (κ2) is 7.78. The zero-order valence-electron chi connectivity index (χ0n) is 13.7. The molecule has 0 unspecified atom stereocenters. The van der Waals surface area contributed by atoms with Gasteiger partial charge in [-0.3, -0.25) is 4.79 Å². The molecule has 0 aromatic heterocycles. The van der Waals surface area contributed by atoms with Gasteiger partial charge >= 0.3 is 6.18 Å². The average molecular weight is 372 g/mol. The standard InChI is InChI=1S/C18H17ClF3NO2/c1-11(2)10-25-14-6-3-12(4-7-14)17(24)23-16-8-5-13(9-15(16)19)18(20,21)22/h3-9,11H,10H2,1-2H3,(H,23,24). The van der Waals surface area contributed by atoms with E-state index >= 15 is 0 Å². The van der Waals surface area contributed by atoms with Crippen molar-refractivity contribution in [1.82, 2.24) is 0 Å². The van der Waals surface area contributed by atoms with Gasteiger partial charge in [-0.25, -0.2) is 0 Å². The fraction of sp³-hybridized carbons (Fsp3) is 0.278. The van der Waals surface area contributed by atoms with Crippen LogP contribution in [0.2, 0.25) is 5.02 Å². The summed E-state index contributed by atoms with van der Waals surface area (Å²) in [7, 11) is 0. The molecule has 0 radical (unpaired) electrons. The largest absolute Gasteiger partial charge is 0.493 e. The molecule has 0 aliphatic rings. The third-order valence-electron chi connectivity index (χ3n) is 3.24. The molecule has 0 saturated carbocycles. The predicted molar refractivity (Wildman–Crippen MR) is 91.2 cm³/mol. The third kappa shape index (κ3) is 5.39. The van der Waals surface area contributed by atoms with Crippen LogP contribution in [0.3, 0.4) is 0 Å². The van der Waals surface area contributed by atoms with Crippen molar-refractivity contribution in [3.63, 3.8) is 0 Å². The van der Waals surface area contributed by atoms with Gasteiger partial charge in [-0.05, 0) is 48.4 Å². The van der Waals surface area contributed by atoms with Gasteiger partial charge in [-0.2, -0.15) is 13.2 Å². The Morgan fingerprint density at radius 1 is 1.16 bits per heavy atom. The van der Waals surface area contributed by atoms with Gasteiger partial charge in [0.1, 0.15) is 5.75 Å². The first kappa shape index (κ1) is 19.1. The van der Waals surface area contributed by atoms with Gasteiger partial charge < -0.3 is 10.1 Å². The highest BCUT2D eigenvalue weighted by atomic mass is 35.5. The molecular formula is C18H17ClF3NO2. The van der Waals surface area contributed by atoms with Crippen molar-refractivity contribution >= 4 is 23.2 Å². The molecule has 3 nitrogen and oxygen atoms in total. The SMILES string of the molecule is CC(C)COc1ccc(C(=O)Nc2ccc(C(F)(F)F)cc2Cl)cc1. The van der Waals surface area contributed by atoms with E-state index in [0.29, 0.717) is 23.8 Å². The fourth-order valence-electron chi connectivity index (χ4n) is 1.95. The predicted octanol–water partition coefficient (Wildman–Crippen LogP) is 5.65. The van der Waals surface area contributed by atoms with Crippen molar-refractivity contribution in [1.29, 1.82) is 0 Å². The Kier molecular flexibility index (Phi) is 5.95. The minimum atomic E-state index is -4.49. The van der Waals surface area contributed by atoms with Crippen LogP contribution in [0.15, 0.2) is 42.5 Å². The zero-order valence-corrected chi connectivity index (χ0v) is 14.4. The summed E-state index contributed by atoms with van der Waals surface area (Å²) in [5.74, 6) is 0.541. The lowest BCUT2D eigenvalue weighted by Crippen LogP contribution is -2.13. The lowest BCUT2D eigenvalue weighted by Gasteiger charge is -2.12. The summed E-state index contributed by atoms with van der Waals surface area (Å²) >= 11 is 5.83. The quantitative estimate of drug-likeness (QED) is 0.738. The van der Waals surface area contributed by atoms with Crippen molar-refractivity contribution in [3.05, 3.63) is 58.6 Å². The Morgan fingerprint density at radius 2 is 1.80 bits per heavy atom. The van der Waals surface area contributed by atoms with Gasteiger partial charge in [-0.1, -0.05) is 25.4 Å². The van der Waals surface area contributed by atoms with Crippen LogP contribution in [0.25, 0.3) is 0 Å². The Morgan fingerprint density at radius 3 is 2.32 bits per heavy atom. The molecule has 0 bridgehead atoms. The van der Waals surface area contributed by atoms with E-state index in [2.05, 4.69) is 5.32 Å². The zero-order chi connectivity index (χ0) is 18.6. The first-order valence-corrected chi connectivity index (χ1v) is 7.95. The fourth-order valence-corrected chi connectivity index (χ4v) is 2.18. The number of carbonyl (C=O) groups excluding carboxylic acids is 1. The summed E-state index contributed by atoms with van der Waals surface area (Å²) in [5, 5.41) is 2.32. The van der Waals surface area contributed by atoms with Gasteiger partial charge in [0.25, 0.3) is 5.91 Å². The van der Waals surface area contributed by atoms with Crippen LogP contribution in [0.1, 0.15) is 29.8 Å². The van der Waals surface area contributed by atoms with E-state index < -0.39 is 17.6 Å². The van der Waals surface area contributed by atoms with Gasteiger partial charge in [-0.15, -0.1) is 0 Å². The summed E-state index contributed by atoms with van der Waals surface area (Å²) in [6.07, 6.45) is -4.49. The number of nitrogens with one attached hydrogen (secondary N) is 1. The molecule has 0 fully saturated rings. The minimum absolute atomic E-state index is 0.111. The molecule has 0 aliphatic heterocycles. The summed E-state index contributed by atoms with van der Waals surface area (Å²) in [6, 6.07) is 9.23. The molecule has 0 aliphatic carbocycles. The number of ether oxygens (including phenoxy) is 1. The van der Waals surface area contributed by atoms with E-state index in [1.807, 2.05) is 13.8 Å². The lowest BCUT2D eigenvalue weighted by atomic mass is 10.1. The van der Waals surface area contributed by atoms with E-state index in [0.717, 1.165) is 18.2 Å². The second-order valence-electron chi connectivity index (χ2n) is 5.88. The summed E-state index contributed by atoms with van der Waals surface area (Å²) in [5.41, 5.74) is -0.421. The number of anilines is 1. The molecule has 7 heteroatoms. The topological polar surface area (TPSA) is 38.3 Å². The highest BCUT2D eigenvalue weighted by Crippen LogP contribution is 2.33. The molecule has 0 spiro atoms. The van der Waals surface area contributed by atoms with Crippen LogP contribution in [0, 0.1) is 5.92 Å². The van der Waals surface area contributed by atoms with Gasteiger partial charge in [0.05, 0.1) is 22.9 Å². The second-order valence-corrected chi connectivity index (χ2v) is 6.28. The van der Waals surface area contributed by atoms with Gasteiger partial charge in [0.15, 0.2) is 0 Å². The maximum atomic E-state index is 12.6. The third-order valence-corrected chi connectivity index (χ3v) is 3.56. The van der Waals surface area contributed by atoms with Crippen LogP contribution in [0.5, 0.6) is 5.75 Å². The van der Waals surface area contributed by atoms with Crippen molar-refractivity contribution in [2.45, 2.75) is 20.0 Å². The van der Waals surface area contributed by atoms with E-state index in [4.69, 9.17) is 16.3 Å².